The first-order chi connectivity index (χ1) is 15.8. The first-order valence-electron chi connectivity index (χ1n) is 10.7. The van der Waals surface area contributed by atoms with E-state index in [9.17, 15) is 18.0 Å². The highest BCUT2D eigenvalue weighted by atomic mass is 32.2. The number of rotatable bonds is 6. The van der Waals surface area contributed by atoms with Crippen molar-refractivity contribution in [1.82, 2.24) is 4.31 Å². The van der Waals surface area contributed by atoms with Crippen molar-refractivity contribution in [3.63, 3.8) is 0 Å². The smallest absolute Gasteiger partial charge is 0.265 e. The molecule has 0 bridgehead atoms. The van der Waals surface area contributed by atoms with Crippen LogP contribution in [0.2, 0.25) is 0 Å². The maximum atomic E-state index is 13.1. The molecule has 9 heteroatoms. The zero-order valence-electron chi connectivity index (χ0n) is 18.2. The van der Waals surface area contributed by atoms with Gasteiger partial charge in [-0.3, -0.25) is 9.59 Å². The van der Waals surface area contributed by atoms with Gasteiger partial charge in [-0.2, -0.15) is 4.31 Å². The number of amides is 2. The second-order valence-electron chi connectivity index (χ2n) is 7.91. The van der Waals surface area contributed by atoms with E-state index in [1.54, 1.807) is 55.5 Å². The van der Waals surface area contributed by atoms with Crippen LogP contribution in [0.5, 0.6) is 0 Å². The molecule has 1 fully saturated rings. The van der Waals surface area contributed by atoms with E-state index in [2.05, 4.69) is 10.6 Å². The lowest BCUT2D eigenvalue weighted by Crippen LogP contribution is -2.36. The molecular formula is C24H25N3O4S2. The number of anilines is 2. The van der Waals surface area contributed by atoms with Gasteiger partial charge in [0, 0.05) is 30.0 Å². The van der Waals surface area contributed by atoms with Gasteiger partial charge < -0.3 is 10.6 Å². The summed E-state index contributed by atoms with van der Waals surface area (Å²) in [5.74, 6) is -0.569. The van der Waals surface area contributed by atoms with Gasteiger partial charge in [-0.05, 0) is 73.2 Å². The normalized spacial score (nSPS) is 14.6. The van der Waals surface area contributed by atoms with Crippen molar-refractivity contribution in [2.24, 2.45) is 0 Å². The topological polar surface area (TPSA) is 95.6 Å². The average Bonchev–Trinajstić information content (AvgIpc) is 3.36. The summed E-state index contributed by atoms with van der Waals surface area (Å²) in [6.45, 7) is 2.80. The van der Waals surface area contributed by atoms with Gasteiger partial charge in [0.2, 0.25) is 10.0 Å². The van der Waals surface area contributed by atoms with Gasteiger partial charge in [-0.25, -0.2) is 8.42 Å². The summed E-state index contributed by atoms with van der Waals surface area (Å²) in [6.07, 6.45) is 2.76. The van der Waals surface area contributed by atoms with E-state index in [0.717, 1.165) is 19.3 Å². The average molecular weight is 484 g/mol. The fourth-order valence-electron chi connectivity index (χ4n) is 3.71. The Bertz CT molecular complexity index is 1250. The van der Waals surface area contributed by atoms with Gasteiger partial charge in [0.05, 0.1) is 9.77 Å². The Morgan fingerprint density at radius 2 is 1.55 bits per heavy atom. The number of thiophene rings is 1. The minimum atomic E-state index is -3.61. The van der Waals surface area contributed by atoms with E-state index in [-0.39, 0.29) is 16.7 Å². The summed E-state index contributed by atoms with van der Waals surface area (Å²) in [5.41, 5.74) is 2.03. The lowest BCUT2D eigenvalue weighted by atomic mass is 10.1. The fraction of sp³-hybridized carbons (Fsp3) is 0.250. The zero-order valence-corrected chi connectivity index (χ0v) is 19.8. The SMILES string of the molecule is Cc1ccc(NC(=O)c2ccc(NC(=O)c3cccs3)cc2)cc1S(=O)(=O)N1CCCCC1. The van der Waals surface area contributed by atoms with E-state index >= 15 is 0 Å². The van der Waals surface area contributed by atoms with Gasteiger partial charge >= 0.3 is 0 Å². The highest BCUT2D eigenvalue weighted by molar-refractivity contribution is 7.89. The monoisotopic (exact) mass is 483 g/mol. The van der Waals surface area contributed by atoms with Crippen LogP contribution in [0, 0.1) is 6.92 Å². The number of aryl methyl sites for hydroxylation is 1. The van der Waals surface area contributed by atoms with Crippen molar-refractivity contribution < 1.29 is 18.0 Å². The van der Waals surface area contributed by atoms with E-state index < -0.39 is 10.0 Å². The van der Waals surface area contributed by atoms with Crippen LogP contribution < -0.4 is 10.6 Å². The lowest BCUT2D eigenvalue weighted by molar-refractivity contribution is 0.102. The van der Waals surface area contributed by atoms with Crippen LogP contribution in [-0.2, 0) is 10.0 Å². The number of hydrogen-bond donors (Lipinski definition) is 2. The van der Waals surface area contributed by atoms with Gasteiger partial charge in [0.1, 0.15) is 0 Å². The number of carbonyl (C=O) groups is 2. The lowest BCUT2D eigenvalue weighted by Gasteiger charge is -2.26. The summed E-state index contributed by atoms with van der Waals surface area (Å²) in [4.78, 5) is 25.7. The van der Waals surface area contributed by atoms with Gasteiger partial charge in [-0.15, -0.1) is 11.3 Å². The van der Waals surface area contributed by atoms with Crippen molar-refractivity contribution in [3.05, 3.63) is 76.0 Å². The molecule has 33 heavy (non-hydrogen) atoms. The molecule has 0 unspecified atom stereocenters. The molecular weight excluding hydrogens is 458 g/mol. The number of carbonyl (C=O) groups excluding carboxylic acids is 2. The van der Waals surface area contributed by atoms with E-state index in [1.807, 2.05) is 5.38 Å². The highest BCUT2D eigenvalue weighted by Gasteiger charge is 2.27. The molecule has 2 N–H and O–H groups in total. The highest BCUT2D eigenvalue weighted by Crippen LogP contribution is 2.26. The van der Waals surface area contributed by atoms with Crippen LogP contribution in [0.3, 0.4) is 0 Å². The van der Waals surface area contributed by atoms with Crippen LogP contribution in [0.1, 0.15) is 44.9 Å². The Labute approximate surface area is 197 Å². The summed E-state index contributed by atoms with van der Waals surface area (Å²) < 4.78 is 27.7. The standard InChI is InChI=1S/C24H25N3O4S2/c1-17-7-10-20(16-22(17)33(30,31)27-13-3-2-4-14-27)26-23(28)18-8-11-19(12-9-18)25-24(29)21-6-5-15-32-21/h5-12,15-16H,2-4,13-14H2,1H3,(H,25,29)(H,26,28). The van der Waals surface area contributed by atoms with Crippen LogP contribution in [0.4, 0.5) is 11.4 Å². The Kier molecular flexibility index (Phi) is 6.92. The van der Waals surface area contributed by atoms with Crippen LogP contribution in [-0.4, -0.2) is 37.6 Å². The molecule has 0 spiro atoms. The summed E-state index contributed by atoms with van der Waals surface area (Å²) in [5, 5.41) is 7.40. The first-order valence-corrected chi connectivity index (χ1v) is 13.0. The third-order valence-electron chi connectivity index (χ3n) is 5.53. The van der Waals surface area contributed by atoms with Crippen molar-refractivity contribution in [1.29, 1.82) is 0 Å². The number of piperidine rings is 1. The molecule has 0 aliphatic carbocycles. The molecule has 7 nitrogen and oxygen atoms in total. The predicted octanol–water partition coefficient (Wildman–Crippen LogP) is 4.74. The maximum absolute atomic E-state index is 13.1. The third-order valence-corrected chi connectivity index (χ3v) is 8.44. The second kappa shape index (κ2) is 9.86. The van der Waals surface area contributed by atoms with Gasteiger partial charge in [0.15, 0.2) is 0 Å². The van der Waals surface area contributed by atoms with Crippen LogP contribution in [0.15, 0.2) is 64.9 Å². The van der Waals surface area contributed by atoms with Crippen molar-refractivity contribution in [3.8, 4) is 0 Å². The van der Waals surface area contributed by atoms with Crippen LogP contribution >= 0.6 is 11.3 Å². The molecule has 0 radical (unpaired) electrons. The largest absolute Gasteiger partial charge is 0.322 e. The first kappa shape index (κ1) is 23.2. The van der Waals surface area contributed by atoms with Crippen molar-refractivity contribution in [2.45, 2.75) is 31.1 Å². The predicted molar refractivity (Wildman–Crippen MR) is 130 cm³/mol. The van der Waals surface area contributed by atoms with Crippen molar-refractivity contribution in [2.75, 3.05) is 23.7 Å². The molecule has 2 heterocycles. The molecule has 4 rings (SSSR count). The zero-order chi connectivity index (χ0) is 23.4. The molecule has 0 saturated carbocycles. The number of nitrogens with one attached hydrogen (secondary N) is 2. The molecule has 0 atom stereocenters. The summed E-state index contributed by atoms with van der Waals surface area (Å²) in [6, 6.07) is 15.0. The van der Waals surface area contributed by atoms with E-state index in [1.165, 1.54) is 21.7 Å². The summed E-state index contributed by atoms with van der Waals surface area (Å²) in [7, 11) is -3.61. The molecule has 1 aromatic heterocycles. The molecule has 1 saturated heterocycles. The molecule has 2 aromatic carbocycles. The molecule has 1 aliphatic heterocycles. The van der Waals surface area contributed by atoms with Gasteiger partial charge in [-0.1, -0.05) is 18.6 Å². The van der Waals surface area contributed by atoms with E-state index in [4.69, 9.17) is 0 Å². The maximum Gasteiger partial charge on any atom is 0.265 e. The summed E-state index contributed by atoms with van der Waals surface area (Å²) >= 11 is 1.35. The fourth-order valence-corrected chi connectivity index (χ4v) is 6.10. The molecule has 172 valence electrons. The number of hydrogen-bond acceptors (Lipinski definition) is 5. The Balaban J connectivity index is 1.46. The van der Waals surface area contributed by atoms with Crippen molar-refractivity contribution >= 4 is 44.5 Å². The molecule has 2 amide bonds. The second-order valence-corrected chi connectivity index (χ2v) is 10.8. The van der Waals surface area contributed by atoms with E-state index in [0.29, 0.717) is 40.5 Å². The minimum absolute atomic E-state index is 0.204. The minimum Gasteiger partial charge on any atom is -0.322 e. The molecule has 1 aliphatic rings. The Morgan fingerprint density at radius 3 is 2.21 bits per heavy atom. The Hall–Kier alpha value is -3.01. The number of sulfonamides is 1. The van der Waals surface area contributed by atoms with Crippen LogP contribution in [0.25, 0.3) is 0 Å². The van der Waals surface area contributed by atoms with Gasteiger partial charge in [0.25, 0.3) is 11.8 Å². The third kappa shape index (κ3) is 5.32. The number of nitrogens with zero attached hydrogens (tertiary/aromatic N) is 1. The number of benzene rings is 2. The quantitative estimate of drug-likeness (QED) is 0.530. The Morgan fingerprint density at radius 1 is 0.879 bits per heavy atom. The molecule has 3 aromatic rings.